The molecule has 3 nitrogen and oxygen atoms in total. The first kappa shape index (κ1) is 13.6. The van der Waals surface area contributed by atoms with Crippen molar-refractivity contribution in [2.45, 2.75) is 26.3 Å². The molecule has 0 aromatic heterocycles. The van der Waals surface area contributed by atoms with Crippen molar-refractivity contribution in [1.82, 2.24) is 4.90 Å². The van der Waals surface area contributed by atoms with Gasteiger partial charge < -0.3 is 5.11 Å². The molecule has 1 atom stereocenters. The third kappa shape index (κ3) is 2.47. The van der Waals surface area contributed by atoms with Crippen LogP contribution in [0.5, 0.6) is 0 Å². The number of benzene rings is 1. The van der Waals surface area contributed by atoms with Crippen molar-refractivity contribution in [3.8, 4) is 0 Å². The third-order valence-electron chi connectivity index (χ3n) is 3.22. The predicted octanol–water partition coefficient (Wildman–Crippen LogP) is 2.47. The number of hydrogen-bond acceptors (Lipinski definition) is 2. The molecule has 0 saturated carbocycles. The minimum Gasteiger partial charge on any atom is -0.480 e. The van der Waals surface area contributed by atoms with Gasteiger partial charge in [0, 0.05) is 0 Å². The van der Waals surface area contributed by atoms with Crippen molar-refractivity contribution in [3.05, 3.63) is 35.6 Å². The van der Waals surface area contributed by atoms with E-state index in [1.807, 2.05) is 18.7 Å². The van der Waals surface area contributed by atoms with Crippen molar-refractivity contribution in [1.29, 1.82) is 0 Å². The lowest BCUT2D eigenvalue weighted by Crippen LogP contribution is -2.49. The van der Waals surface area contributed by atoms with Crippen LogP contribution in [0.3, 0.4) is 0 Å². The molecule has 1 rings (SSSR count). The van der Waals surface area contributed by atoms with Crippen LogP contribution in [-0.2, 0) is 10.3 Å². The molecule has 0 bridgehead atoms. The second-order valence-electron chi connectivity index (χ2n) is 4.06. The average Bonchev–Trinajstić information content (AvgIpc) is 2.30. The van der Waals surface area contributed by atoms with E-state index in [0.29, 0.717) is 18.7 Å². The van der Waals surface area contributed by atoms with Gasteiger partial charge in [-0.25, -0.2) is 9.18 Å². The molecule has 0 radical (unpaired) electrons. The van der Waals surface area contributed by atoms with Crippen molar-refractivity contribution in [3.63, 3.8) is 0 Å². The fourth-order valence-electron chi connectivity index (χ4n) is 2.07. The highest BCUT2D eigenvalue weighted by Gasteiger charge is 2.39. The van der Waals surface area contributed by atoms with Gasteiger partial charge in [-0.1, -0.05) is 26.0 Å². The molecule has 0 aliphatic carbocycles. The SMILES string of the molecule is CCN(CC)[C@](C)(C(=O)O)c1ccc(F)cc1. The lowest BCUT2D eigenvalue weighted by molar-refractivity contribution is -0.151. The summed E-state index contributed by atoms with van der Waals surface area (Å²) < 4.78 is 12.9. The number of aliphatic carboxylic acids is 1. The van der Waals surface area contributed by atoms with Gasteiger partial charge in [-0.05, 0) is 37.7 Å². The molecular weight excluding hydrogens is 221 g/mol. The fraction of sp³-hybridized carbons (Fsp3) is 0.462. The highest BCUT2D eigenvalue weighted by molar-refractivity contribution is 5.80. The van der Waals surface area contributed by atoms with E-state index < -0.39 is 11.5 Å². The molecule has 0 aliphatic rings. The van der Waals surface area contributed by atoms with E-state index in [0.717, 1.165) is 0 Å². The molecule has 4 heteroatoms. The molecule has 0 fully saturated rings. The van der Waals surface area contributed by atoms with Crippen molar-refractivity contribution in [2.75, 3.05) is 13.1 Å². The largest absolute Gasteiger partial charge is 0.480 e. The van der Waals surface area contributed by atoms with E-state index >= 15 is 0 Å². The van der Waals surface area contributed by atoms with E-state index in [2.05, 4.69) is 0 Å². The molecule has 0 aliphatic heterocycles. The monoisotopic (exact) mass is 239 g/mol. The molecule has 0 amide bonds. The van der Waals surface area contributed by atoms with Gasteiger partial charge in [-0.15, -0.1) is 0 Å². The van der Waals surface area contributed by atoms with E-state index in [1.54, 1.807) is 6.92 Å². The summed E-state index contributed by atoms with van der Waals surface area (Å²) in [6.45, 7) is 6.71. The normalized spacial score (nSPS) is 14.6. The first-order valence-corrected chi connectivity index (χ1v) is 5.71. The highest BCUT2D eigenvalue weighted by atomic mass is 19.1. The van der Waals surface area contributed by atoms with Crippen LogP contribution in [0.1, 0.15) is 26.3 Å². The number of carbonyl (C=O) groups is 1. The number of carboxylic acid groups (broad SMARTS) is 1. The highest BCUT2D eigenvalue weighted by Crippen LogP contribution is 2.28. The first-order chi connectivity index (χ1) is 7.96. The summed E-state index contributed by atoms with van der Waals surface area (Å²) in [4.78, 5) is 13.4. The zero-order valence-corrected chi connectivity index (χ0v) is 10.4. The maximum atomic E-state index is 12.9. The second kappa shape index (κ2) is 5.27. The summed E-state index contributed by atoms with van der Waals surface area (Å²) in [5.41, 5.74) is -0.521. The van der Waals surface area contributed by atoms with Crippen LogP contribution >= 0.6 is 0 Å². The molecule has 1 aromatic carbocycles. The zero-order chi connectivity index (χ0) is 13.1. The Morgan fingerprint density at radius 3 is 2.12 bits per heavy atom. The van der Waals surface area contributed by atoms with Crippen LogP contribution in [0.25, 0.3) is 0 Å². The second-order valence-corrected chi connectivity index (χ2v) is 4.06. The van der Waals surface area contributed by atoms with E-state index in [1.165, 1.54) is 24.3 Å². The number of nitrogens with zero attached hydrogens (tertiary/aromatic N) is 1. The minimum absolute atomic E-state index is 0.360. The number of likely N-dealkylation sites (N-methyl/N-ethyl adjacent to an activating group) is 1. The topological polar surface area (TPSA) is 40.5 Å². The summed E-state index contributed by atoms with van der Waals surface area (Å²) in [6.07, 6.45) is 0. The van der Waals surface area contributed by atoms with Gasteiger partial charge in [0.25, 0.3) is 0 Å². The molecule has 17 heavy (non-hydrogen) atoms. The van der Waals surface area contributed by atoms with Gasteiger partial charge in [-0.2, -0.15) is 0 Å². The standard InChI is InChI=1S/C13H18FNO2/c1-4-15(5-2)13(3,12(16)17)10-6-8-11(14)9-7-10/h6-9H,4-5H2,1-3H3,(H,16,17)/t13-/m0/s1. The van der Waals surface area contributed by atoms with Crippen LogP contribution in [-0.4, -0.2) is 29.1 Å². The molecule has 0 unspecified atom stereocenters. The van der Waals surface area contributed by atoms with Crippen LogP contribution in [0.2, 0.25) is 0 Å². The Labute approximate surface area is 101 Å². The molecule has 94 valence electrons. The molecule has 1 N–H and O–H groups in total. The Bertz CT molecular complexity index is 387. The number of carboxylic acids is 1. The van der Waals surface area contributed by atoms with E-state index in [4.69, 9.17) is 0 Å². The van der Waals surface area contributed by atoms with Crippen LogP contribution in [0.15, 0.2) is 24.3 Å². The lowest BCUT2D eigenvalue weighted by Gasteiger charge is -2.36. The van der Waals surface area contributed by atoms with E-state index in [9.17, 15) is 14.3 Å². The number of hydrogen-bond donors (Lipinski definition) is 1. The van der Waals surface area contributed by atoms with Crippen molar-refractivity contribution >= 4 is 5.97 Å². The summed E-state index contributed by atoms with van der Waals surface area (Å²) in [6, 6.07) is 5.64. The number of halogens is 1. The Hall–Kier alpha value is -1.42. The molecular formula is C13H18FNO2. The zero-order valence-electron chi connectivity index (χ0n) is 10.4. The molecule has 1 aromatic rings. The van der Waals surface area contributed by atoms with Crippen molar-refractivity contribution < 1.29 is 14.3 Å². The summed E-state index contributed by atoms with van der Waals surface area (Å²) in [5.74, 6) is -1.28. The quantitative estimate of drug-likeness (QED) is 0.858. The van der Waals surface area contributed by atoms with Crippen LogP contribution in [0, 0.1) is 5.82 Å². The van der Waals surface area contributed by atoms with Gasteiger partial charge in [0.2, 0.25) is 0 Å². The molecule has 0 saturated heterocycles. The van der Waals surface area contributed by atoms with Gasteiger partial charge in [-0.3, -0.25) is 4.90 Å². The molecule has 0 spiro atoms. The Balaban J connectivity index is 3.24. The predicted molar refractivity (Wildman–Crippen MR) is 64.3 cm³/mol. The van der Waals surface area contributed by atoms with Crippen LogP contribution < -0.4 is 0 Å². The molecule has 0 heterocycles. The van der Waals surface area contributed by atoms with Crippen LogP contribution in [0.4, 0.5) is 4.39 Å². The maximum Gasteiger partial charge on any atom is 0.328 e. The van der Waals surface area contributed by atoms with Gasteiger partial charge in [0.05, 0.1) is 0 Å². The van der Waals surface area contributed by atoms with Gasteiger partial charge in [0.1, 0.15) is 11.4 Å². The summed E-state index contributed by atoms with van der Waals surface area (Å²) in [5, 5.41) is 9.45. The maximum absolute atomic E-state index is 12.9. The average molecular weight is 239 g/mol. The minimum atomic E-state index is -1.11. The third-order valence-corrected chi connectivity index (χ3v) is 3.22. The Morgan fingerprint density at radius 1 is 1.29 bits per heavy atom. The smallest absolute Gasteiger partial charge is 0.328 e. The number of rotatable bonds is 5. The summed E-state index contributed by atoms with van der Waals surface area (Å²) in [7, 11) is 0. The lowest BCUT2D eigenvalue weighted by atomic mass is 9.90. The van der Waals surface area contributed by atoms with Gasteiger partial charge >= 0.3 is 5.97 Å². The van der Waals surface area contributed by atoms with Gasteiger partial charge in [0.15, 0.2) is 0 Å². The Morgan fingerprint density at radius 2 is 1.76 bits per heavy atom. The first-order valence-electron chi connectivity index (χ1n) is 5.71. The summed E-state index contributed by atoms with van der Waals surface area (Å²) >= 11 is 0. The fourth-order valence-corrected chi connectivity index (χ4v) is 2.07. The Kier molecular flexibility index (Phi) is 4.23. The van der Waals surface area contributed by atoms with Crippen molar-refractivity contribution in [2.24, 2.45) is 0 Å². The van der Waals surface area contributed by atoms with E-state index in [-0.39, 0.29) is 5.82 Å².